The molecule has 2 N–H and O–H groups in total. The molecule has 0 aliphatic carbocycles. The molecule has 0 fully saturated rings. The first-order chi connectivity index (χ1) is 13.9. The molecule has 2 aromatic carbocycles. The lowest BCUT2D eigenvalue weighted by Crippen LogP contribution is -2.43. The molecule has 0 saturated heterocycles. The van der Waals surface area contributed by atoms with Gasteiger partial charge in [-0.15, -0.1) is 0 Å². The van der Waals surface area contributed by atoms with E-state index >= 15 is 0 Å². The van der Waals surface area contributed by atoms with Crippen LogP contribution in [0.1, 0.15) is 20.7 Å². The Kier molecular flexibility index (Phi) is 7.67. The number of hydrazine groups is 1. The number of carbonyl (C=O) groups is 3. The summed E-state index contributed by atoms with van der Waals surface area (Å²) in [6.45, 7) is -0.611. The van der Waals surface area contributed by atoms with Crippen molar-refractivity contribution >= 4 is 29.4 Å². The predicted octanol–water partition coefficient (Wildman–Crippen LogP) is 1.98. The van der Waals surface area contributed by atoms with Gasteiger partial charge in [-0.25, -0.2) is 4.79 Å². The third-order valence-electron chi connectivity index (χ3n) is 3.68. The van der Waals surface area contributed by atoms with E-state index in [2.05, 4.69) is 10.9 Å². The number of esters is 1. The lowest BCUT2D eigenvalue weighted by atomic mass is 10.2. The molecule has 9 nitrogen and oxygen atoms in total. The van der Waals surface area contributed by atoms with Gasteiger partial charge in [0.15, 0.2) is 18.1 Å². The molecule has 0 unspecified atom stereocenters. The first-order valence-electron chi connectivity index (χ1n) is 8.21. The monoisotopic (exact) mass is 422 g/mol. The molecule has 0 aromatic heterocycles. The van der Waals surface area contributed by atoms with Crippen LogP contribution >= 0.6 is 11.6 Å². The molecule has 2 aromatic rings. The van der Waals surface area contributed by atoms with Crippen LogP contribution in [0, 0.1) is 0 Å². The van der Waals surface area contributed by atoms with Gasteiger partial charge in [-0.2, -0.15) is 0 Å². The highest BCUT2D eigenvalue weighted by molar-refractivity contribution is 6.31. The van der Waals surface area contributed by atoms with Crippen molar-refractivity contribution < 1.29 is 33.3 Å². The second-order valence-electron chi connectivity index (χ2n) is 5.49. The van der Waals surface area contributed by atoms with Crippen molar-refractivity contribution in [2.75, 3.05) is 27.9 Å². The fraction of sp³-hybridized carbons (Fsp3) is 0.211. The summed E-state index contributed by atoms with van der Waals surface area (Å²) >= 11 is 5.87. The highest BCUT2D eigenvalue weighted by Crippen LogP contribution is 2.27. The molecule has 0 bridgehead atoms. The van der Waals surface area contributed by atoms with Gasteiger partial charge in [0, 0.05) is 5.02 Å². The van der Waals surface area contributed by atoms with Gasteiger partial charge in [0.2, 0.25) is 0 Å². The summed E-state index contributed by atoms with van der Waals surface area (Å²) in [6.07, 6.45) is 0. The minimum atomic E-state index is -0.746. The number of benzene rings is 2. The fourth-order valence-electron chi connectivity index (χ4n) is 2.27. The van der Waals surface area contributed by atoms with E-state index in [4.69, 9.17) is 30.5 Å². The van der Waals surface area contributed by atoms with Crippen LogP contribution in [0.15, 0.2) is 36.4 Å². The molecule has 154 valence electrons. The summed E-state index contributed by atoms with van der Waals surface area (Å²) in [5.74, 6) is -1.07. The summed E-state index contributed by atoms with van der Waals surface area (Å²) in [7, 11) is 4.29. The average Bonchev–Trinajstić information content (AvgIpc) is 2.75. The normalized spacial score (nSPS) is 9.93. The number of carbonyl (C=O) groups excluding carboxylic acids is 3. The van der Waals surface area contributed by atoms with E-state index in [1.54, 1.807) is 6.07 Å². The molecule has 0 atom stereocenters. The van der Waals surface area contributed by atoms with Crippen LogP contribution < -0.4 is 25.1 Å². The number of hydrogen-bond acceptors (Lipinski definition) is 7. The first kappa shape index (κ1) is 21.8. The molecular formula is C19H19ClN2O7. The lowest BCUT2D eigenvalue weighted by molar-refractivity contribution is -0.125. The maximum atomic E-state index is 12.2. The zero-order valence-corrected chi connectivity index (χ0v) is 16.7. The van der Waals surface area contributed by atoms with E-state index in [1.807, 2.05) is 0 Å². The van der Waals surface area contributed by atoms with Crippen molar-refractivity contribution in [3.05, 3.63) is 52.5 Å². The highest BCUT2D eigenvalue weighted by atomic mass is 35.5. The van der Waals surface area contributed by atoms with Crippen LogP contribution in [0.25, 0.3) is 0 Å². The number of nitrogens with one attached hydrogen (secondary N) is 2. The van der Waals surface area contributed by atoms with Crippen LogP contribution in [0.3, 0.4) is 0 Å². The van der Waals surface area contributed by atoms with Gasteiger partial charge >= 0.3 is 5.97 Å². The second kappa shape index (κ2) is 10.2. The minimum Gasteiger partial charge on any atom is -0.496 e. The van der Waals surface area contributed by atoms with Crippen molar-refractivity contribution in [1.29, 1.82) is 0 Å². The van der Waals surface area contributed by atoms with Gasteiger partial charge in [0.25, 0.3) is 11.8 Å². The van der Waals surface area contributed by atoms with Crippen molar-refractivity contribution in [2.24, 2.45) is 0 Å². The van der Waals surface area contributed by atoms with Crippen LogP contribution in [0.5, 0.6) is 17.2 Å². The molecule has 0 aliphatic heterocycles. The SMILES string of the molecule is COc1ccc(C(=O)OCC(=O)NNC(=O)c2cc(Cl)ccc2OC)cc1OC. The topological polar surface area (TPSA) is 112 Å². The van der Waals surface area contributed by atoms with E-state index in [0.29, 0.717) is 16.5 Å². The molecule has 10 heteroatoms. The quantitative estimate of drug-likeness (QED) is 0.518. The smallest absolute Gasteiger partial charge is 0.338 e. The summed E-state index contributed by atoms with van der Waals surface area (Å²) in [6, 6.07) is 8.89. The van der Waals surface area contributed by atoms with E-state index in [-0.39, 0.29) is 16.9 Å². The Morgan fingerprint density at radius 3 is 2.17 bits per heavy atom. The van der Waals surface area contributed by atoms with Crippen molar-refractivity contribution in [2.45, 2.75) is 0 Å². The second-order valence-corrected chi connectivity index (χ2v) is 5.93. The van der Waals surface area contributed by atoms with Crippen molar-refractivity contribution in [3.63, 3.8) is 0 Å². The Labute approximate surface area is 171 Å². The van der Waals surface area contributed by atoms with Crippen LogP contribution in [0.2, 0.25) is 5.02 Å². The van der Waals surface area contributed by atoms with Crippen molar-refractivity contribution in [3.8, 4) is 17.2 Å². The molecule has 29 heavy (non-hydrogen) atoms. The molecule has 0 saturated carbocycles. The number of methoxy groups -OCH3 is 3. The minimum absolute atomic E-state index is 0.127. The zero-order valence-electron chi connectivity index (χ0n) is 15.9. The summed E-state index contributed by atoms with van der Waals surface area (Å²) in [5, 5.41) is 0.325. The summed E-state index contributed by atoms with van der Waals surface area (Å²) in [5.41, 5.74) is 4.63. The third kappa shape index (κ3) is 5.76. The molecule has 0 spiro atoms. The number of amides is 2. The molecule has 2 rings (SSSR count). The Hall–Kier alpha value is -3.46. The van der Waals surface area contributed by atoms with E-state index in [9.17, 15) is 14.4 Å². The highest BCUT2D eigenvalue weighted by Gasteiger charge is 2.16. The zero-order chi connectivity index (χ0) is 21.4. The molecule has 0 aliphatic rings. The molecule has 0 radical (unpaired) electrons. The van der Waals surface area contributed by atoms with Gasteiger partial charge in [-0.05, 0) is 36.4 Å². The number of halogens is 1. The van der Waals surface area contributed by atoms with E-state index < -0.39 is 24.4 Å². The Bertz CT molecular complexity index is 917. The lowest BCUT2D eigenvalue weighted by Gasteiger charge is -2.11. The molecule has 2 amide bonds. The fourth-order valence-corrected chi connectivity index (χ4v) is 2.44. The van der Waals surface area contributed by atoms with Crippen LogP contribution in [0.4, 0.5) is 0 Å². The van der Waals surface area contributed by atoms with Gasteiger partial charge in [-0.3, -0.25) is 20.4 Å². The summed E-state index contributed by atoms with van der Waals surface area (Å²) in [4.78, 5) is 36.1. The van der Waals surface area contributed by atoms with Crippen LogP contribution in [-0.4, -0.2) is 45.7 Å². The average molecular weight is 423 g/mol. The maximum Gasteiger partial charge on any atom is 0.338 e. The van der Waals surface area contributed by atoms with Gasteiger partial charge in [0.1, 0.15) is 5.75 Å². The van der Waals surface area contributed by atoms with Crippen molar-refractivity contribution in [1.82, 2.24) is 10.9 Å². The standard InChI is InChI=1S/C19H19ClN2O7/c1-26-14-7-5-12(20)9-13(14)18(24)22-21-17(23)10-29-19(25)11-4-6-15(27-2)16(8-11)28-3/h4-9H,10H2,1-3H3,(H,21,23)(H,22,24). The van der Waals surface area contributed by atoms with E-state index in [0.717, 1.165) is 0 Å². The Morgan fingerprint density at radius 1 is 0.862 bits per heavy atom. The number of hydrogen-bond donors (Lipinski definition) is 2. The summed E-state index contributed by atoms with van der Waals surface area (Å²) < 4.78 is 20.2. The first-order valence-corrected chi connectivity index (χ1v) is 8.59. The Balaban J connectivity index is 1.89. The Morgan fingerprint density at radius 2 is 1.52 bits per heavy atom. The van der Waals surface area contributed by atoms with Crippen LogP contribution in [-0.2, 0) is 9.53 Å². The number of ether oxygens (including phenoxy) is 4. The molecule has 0 heterocycles. The number of rotatable bonds is 7. The maximum absolute atomic E-state index is 12.2. The van der Waals surface area contributed by atoms with Gasteiger partial charge in [0.05, 0.1) is 32.5 Å². The predicted molar refractivity (Wildman–Crippen MR) is 103 cm³/mol. The third-order valence-corrected chi connectivity index (χ3v) is 3.91. The molecular weight excluding hydrogens is 404 g/mol. The van der Waals surface area contributed by atoms with Gasteiger partial charge in [-0.1, -0.05) is 11.6 Å². The van der Waals surface area contributed by atoms with E-state index in [1.165, 1.54) is 51.7 Å². The van der Waals surface area contributed by atoms with Gasteiger partial charge < -0.3 is 18.9 Å². The largest absolute Gasteiger partial charge is 0.496 e.